The van der Waals surface area contributed by atoms with E-state index in [-0.39, 0.29) is 11.3 Å². The molecular weight excluding hydrogens is 304 g/mol. The summed E-state index contributed by atoms with van der Waals surface area (Å²) in [7, 11) is 0. The van der Waals surface area contributed by atoms with Gasteiger partial charge in [-0.2, -0.15) is 0 Å². The van der Waals surface area contributed by atoms with Crippen molar-refractivity contribution in [2.45, 2.75) is 26.3 Å². The van der Waals surface area contributed by atoms with E-state index in [1.165, 1.54) is 6.07 Å². The lowest BCUT2D eigenvalue weighted by Crippen LogP contribution is -2.32. The number of furan rings is 1. The summed E-state index contributed by atoms with van der Waals surface area (Å²) >= 11 is 0. The van der Waals surface area contributed by atoms with Gasteiger partial charge in [0.2, 0.25) is 0 Å². The Hall–Kier alpha value is -2.82. The smallest absolute Gasteiger partial charge is 0.270 e. The predicted molar refractivity (Wildman–Crippen MR) is 92.9 cm³/mol. The molecule has 0 aliphatic carbocycles. The lowest BCUT2D eigenvalue weighted by Gasteiger charge is -2.21. The van der Waals surface area contributed by atoms with Gasteiger partial charge in [0, 0.05) is 23.5 Å². The highest BCUT2D eigenvalue weighted by Gasteiger charge is 2.18. The maximum atomic E-state index is 12.9. The van der Waals surface area contributed by atoms with E-state index in [9.17, 15) is 9.59 Å². The number of H-pyrrole nitrogens is 1. The van der Waals surface area contributed by atoms with Crippen LogP contribution in [-0.2, 0) is 6.54 Å². The minimum Gasteiger partial charge on any atom is -0.467 e. The molecule has 0 saturated carbocycles. The van der Waals surface area contributed by atoms with Crippen LogP contribution in [0.2, 0.25) is 0 Å². The van der Waals surface area contributed by atoms with Gasteiger partial charge in [-0.15, -0.1) is 0 Å². The maximum Gasteiger partial charge on any atom is 0.270 e. The summed E-state index contributed by atoms with van der Waals surface area (Å²) in [4.78, 5) is 29.9. The number of fused-ring (bicyclic) bond motifs is 1. The van der Waals surface area contributed by atoms with Crippen LogP contribution in [-0.4, -0.2) is 22.3 Å². The Morgan fingerprint density at radius 1 is 1.21 bits per heavy atom. The van der Waals surface area contributed by atoms with Crippen molar-refractivity contribution in [2.24, 2.45) is 0 Å². The summed E-state index contributed by atoms with van der Waals surface area (Å²) in [5, 5.41) is 0.584. The Bertz CT molecular complexity index is 881. The van der Waals surface area contributed by atoms with Gasteiger partial charge >= 0.3 is 0 Å². The van der Waals surface area contributed by atoms with Crippen LogP contribution in [0.4, 0.5) is 0 Å². The lowest BCUT2D eigenvalue weighted by molar-refractivity contribution is 0.0723. The van der Waals surface area contributed by atoms with Crippen LogP contribution in [0.25, 0.3) is 10.9 Å². The molecule has 0 radical (unpaired) electrons. The van der Waals surface area contributed by atoms with Gasteiger partial charge in [0.05, 0.1) is 12.8 Å². The van der Waals surface area contributed by atoms with Crippen molar-refractivity contribution in [1.82, 2.24) is 9.88 Å². The molecule has 3 rings (SSSR count). The second-order valence-electron chi connectivity index (χ2n) is 5.75. The van der Waals surface area contributed by atoms with Crippen LogP contribution >= 0.6 is 0 Å². The largest absolute Gasteiger partial charge is 0.467 e. The average Bonchev–Trinajstić information content (AvgIpc) is 3.11. The molecule has 1 N–H and O–H groups in total. The fourth-order valence-electron chi connectivity index (χ4n) is 2.67. The molecule has 1 amide bonds. The molecule has 0 fully saturated rings. The molecule has 3 aromatic rings. The van der Waals surface area contributed by atoms with E-state index in [1.807, 2.05) is 18.2 Å². The molecular formula is C19H20N2O3. The zero-order valence-corrected chi connectivity index (χ0v) is 13.6. The summed E-state index contributed by atoms with van der Waals surface area (Å²) < 4.78 is 5.36. The number of amides is 1. The third kappa shape index (κ3) is 3.40. The van der Waals surface area contributed by atoms with Crippen molar-refractivity contribution in [3.05, 3.63) is 70.4 Å². The van der Waals surface area contributed by atoms with E-state index in [2.05, 4.69) is 11.9 Å². The molecule has 1 aromatic carbocycles. The molecule has 0 bridgehead atoms. The number of hydrogen-bond donors (Lipinski definition) is 1. The van der Waals surface area contributed by atoms with Gasteiger partial charge in [-0.3, -0.25) is 9.59 Å². The number of nitrogens with zero attached hydrogens (tertiary/aromatic N) is 1. The summed E-state index contributed by atoms with van der Waals surface area (Å²) in [6.45, 7) is 3.08. The van der Waals surface area contributed by atoms with Gasteiger partial charge < -0.3 is 14.3 Å². The Balaban J connectivity index is 1.92. The van der Waals surface area contributed by atoms with Gasteiger partial charge in [0.15, 0.2) is 5.43 Å². The molecule has 24 heavy (non-hydrogen) atoms. The first kappa shape index (κ1) is 16.1. The van der Waals surface area contributed by atoms with Crippen molar-refractivity contribution in [1.29, 1.82) is 0 Å². The number of nitrogens with one attached hydrogen (secondary N) is 1. The van der Waals surface area contributed by atoms with E-state index in [1.54, 1.807) is 29.4 Å². The molecule has 5 heteroatoms. The van der Waals surface area contributed by atoms with Crippen LogP contribution in [0.5, 0.6) is 0 Å². The van der Waals surface area contributed by atoms with E-state index in [0.717, 1.165) is 18.6 Å². The second-order valence-corrected chi connectivity index (χ2v) is 5.75. The summed E-state index contributed by atoms with van der Waals surface area (Å²) in [6, 6.07) is 12.2. The van der Waals surface area contributed by atoms with Crippen LogP contribution < -0.4 is 5.43 Å². The number of pyridine rings is 1. The fourth-order valence-corrected chi connectivity index (χ4v) is 2.67. The minimum atomic E-state index is -0.192. The predicted octanol–water partition coefficient (Wildman–Crippen LogP) is 3.56. The van der Waals surface area contributed by atoms with Crippen LogP contribution in [0.15, 0.2) is 57.9 Å². The first-order valence-electron chi connectivity index (χ1n) is 8.12. The fraction of sp³-hybridized carbons (Fsp3) is 0.263. The second kappa shape index (κ2) is 7.17. The number of carbonyl (C=O) groups excluding carboxylic acids is 1. The lowest BCUT2D eigenvalue weighted by atomic mass is 10.2. The number of aromatic nitrogens is 1. The molecule has 0 aliphatic rings. The summed E-state index contributed by atoms with van der Waals surface area (Å²) in [6.07, 6.45) is 3.47. The topological polar surface area (TPSA) is 66.3 Å². The van der Waals surface area contributed by atoms with Crippen LogP contribution in [0.1, 0.15) is 36.0 Å². The zero-order valence-electron chi connectivity index (χ0n) is 13.6. The first-order valence-corrected chi connectivity index (χ1v) is 8.12. The standard InChI is InChI=1S/C19H20N2O3/c1-2-3-10-21(13-14-7-6-11-24-14)19(23)17-12-18(22)15-8-4-5-9-16(15)20-17/h4-9,11-12H,2-3,10,13H2,1H3,(H,20,22). The maximum absolute atomic E-state index is 12.9. The third-order valence-corrected chi connectivity index (χ3v) is 3.96. The third-order valence-electron chi connectivity index (χ3n) is 3.96. The van der Waals surface area contributed by atoms with Gasteiger partial charge in [-0.1, -0.05) is 25.5 Å². The Kier molecular flexibility index (Phi) is 4.79. The highest BCUT2D eigenvalue weighted by molar-refractivity contribution is 5.94. The molecule has 124 valence electrons. The van der Waals surface area contributed by atoms with Crippen molar-refractivity contribution in [2.75, 3.05) is 6.54 Å². The Morgan fingerprint density at radius 3 is 2.79 bits per heavy atom. The molecule has 2 heterocycles. The SMILES string of the molecule is CCCCN(Cc1ccco1)C(=O)c1cc(=O)c2ccccc2[nH]1. The Labute approximate surface area is 139 Å². The molecule has 0 atom stereocenters. The zero-order chi connectivity index (χ0) is 16.9. The summed E-state index contributed by atoms with van der Waals surface area (Å²) in [5.41, 5.74) is 0.823. The van der Waals surface area contributed by atoms with Gasteiger partial charge in [-0.25, -0.2) is 0 Å². The molecule has 2 aromatic heterocycles. The number of para-hydroxylation sites is 1. The molecule has 0 aliphatic heterocycles. The van der Waals surface area contributed by atoms with E-state index >= 15 is 0 Å². The first-order chi connectivity index (χ1) is 11.7. The Morgan fingerprint density at radius 2 is 2.04 bits per heavy atom. The molecule has 5 nitrogen and oxygen atoms in total. The number of hydrogen-bond acceptors (Lipinski definition) is 3. The van der Waals surface area contributed by atoms with Gasteiger partial charge in [-0.05, 0) is 30.7 Å². The number of rotatable bonds is 6. The molecule has 0 spiro atoms. The van der Waals surface area contributed by atoms with Crippen LogP contribution in [0.3, 0.4) is 0 Å². The number of unbranched alkanes of at least 4 members (excludes halogenated alkanes) is 1. The number of aromatic amines is 1. The molecule has 0 unspecified atom stereocenters. The monoisotopic (exact) mass is 324 g/mol. The molecule has 0 saturated heterocycles. The number of carbonyl (C=O) groups is 1. The highest BCUT2D eigenvalue weighted by atomic mass is 16.3. The average molecular weight is 324 g/mol. The van der Waals surface area contributed by atoms with E-state index in [4.69, 9.17) is 4.42 Å². The van der Waals surface area contributed by atoms with Crippen molar-refractivity contribution in [3.63, 3.8) is 0 Å². The van der Waals surface area contributed by atoms with E-state index < -0.39 is 0 Å². The normalized spacial score (nSPS) is 10.9. The van der Waals surface area contributed by atoms with Crippen molar-refractivity contribution >= 4 is 16.8 Å². The van der Waals surface area contributed by atoms with Crippen molar-refractivity contribution in [3.8, 4) is 0 Å². The van der Waals surface area contributed by atoms with E-state index in [0.29, 0.717) is 29.7 Å². The van der Waals surface area contributed by atoms with Gasteiger partial charge in [0.25, 0.3) is 5.91 Å². The number of benzene rings is 1. The van der Waals surface area contributed by atoms with Crippen LogP contribution in [0, 0.1) is 0 Å². The quantitative estimate of drug-likeness (QED) is 0.754. The van der Waals surface area contributed by atoms with Gasteiger partial charge in [0.1, 0.15) is 11.5 Å². The minimum absolute atomic E-state index is 0.152. The summed E-state index contributed by atoms with van der Waals surface area (Å²) in [5.74, 6) is 0.533. The highest BCUT2D eigenvalue weighted by Crippen LogP contribution is 2.13. The van der Waals surface area contributed by atoms with Crippen molar-refractivity contribution < 1.29 is 9.21 Å².